The van der Waals surface area contributed by atoms with Gasteiger partial charge >= 0.3 is 0 Å². The molecular formula is C23H31FN4O2. The molecule has 0 aromatic heterocycles. The normalized spacial score (nSPS) is 20.5. The number of allylic oxidation sites excluding steroid dienone is 2. The zero-order valence-corrected chi connectivity index (χ0v) is 17.5. The highest BCUT2D eigenvalue weighted by atomic mass is 19.1. The second-order valence-electron chi connectivity index (χ2n) is 8.54. The van der Waals surface area contributed by atoms with Crippen molar-refractivity contribution in [1.29, 1.82) is 0 Å². The van der Waals surface area contributed by atoms with Gasteiger partial charge in [-0.3, -0.25) is 19.4 Å². The summed E-state index contributed by atoms with van der Waals surface area (Å²) in [7, 11) is 0. The van der Waals surface area contributed by atoms with E-state index in [9.17, 15) is 14.0 Å². The monoisotopic (exact) mass is 414 g/mol. The SMILES string of the molecule is O=C(CN1CCN(CC(=O)N(C2=CCCCC2)C2CC2)CC1)Nc1ccc(F)cc1. The third-order valence-corrected chi connectivity index (χ3v) is 6.08. The quantitative estimate of drug-likeness (QED) is 0.746. The molecule has 1 aromatic rings. The summed E-state index contributed by atoms with van der Waals surface area (Å²) >= 11 is 0. The average molecular weight is 415 g/mol. The summed E-state index contributed by atoms with van der Waals surface area (Å²) in [4.78, 5) is 31.6. The topological polar surface area (TPSA) is 55.9 Å². The maximum atomic E-state index is 13.0. The molecule has 2 aliphatic carbocycles. The highest BCUT2D eigenvalue weighted by molar-refractivity contribution is 5.92. The molecule has 30 heavy (non-hydrogen) atoms. The van der Waals surface area contributed by atoms with Crippen LogP contribution in [-0.2, 0) is 9.59 Å². The molecule has 4 rings (SSSR count). The van der Waals surface area contributed by atoms with E-state index in [0.717, 1.165) is 51.9 Å². The Morgan fingerprint density at radius 3 is 2.27 bits per heavy atom. The largest absolute Gasteiger partial charge is 0.325 e. The molecule has 162 valence electrons. The average Bonchev–Trinajstić information content (AvgIpc) is 3.57. The molecule has 2 amide bonds. The first-order chi connectivity index (χ1) is 14.6. The van der Waals surface area contributed by atoms with Crippen molar-refractivity contribution in [1.82, 2.24) is 14.7 Å². The van der Waals surface area contributed by atoms with Crippen LogP contribution in [0.1, 0.15) is 38.5 Å². The van der Waals surface area contributed by atoms with Crippen molar-refractivity contribution in [2.75, 3.05) is 44.6 Å². The first kappa shape index (κ1) is 21.0. The first-order valence-corrected chi connectivity index (χ1v) is 11.1. The number of carbonyl (C=O) groups is 2. The molecule has 1 N–H and O–H groups in total. The number of anilines is 1. The van der Waals surface area contributed by atoms with E-state index in [1.165, 1.54) is 30.7 Å². The number of hydrogen-bond donors (Lipinski definition) is 1. The minimum Gasteiger partial charge on any atom is -0.325 e. The Labute approximate surface area is 177 Å². The molecule has 0 bridgehead atoms. The number of rotatable bonds is 7. The molecule has 0 atom stereocenters. The standard InChI is InChI=1S/C23H31FN4O2/c24-18-6-8-19(9-7-18)25-22(29)16-26-12-14-27(15-13-26)17-23(30)28(21-10-11-21)20-4-2-1-3-5-20/h4,6-9,21H,1-3,5,10-17H2,(H,25,29). The summed E-state index contributed by atoms with van der Waals surface area (Å²) in [5.41, 5.74) is 1.84. The fraction of sp³-hybridized carbons (Fsp3) is 0.565. The third-order valence-electron chi connectivity index (χ3n) is 6.08. The zero-order valence-electron chi connectivity index (χ0n) is 17.5. The number of hydrogen-bond acceptors (Lipinski definition) is 4. The van der Waals surface area contributed by atoms with E-state index in [4.69, 9.17) is 0 Å². The Balaban J connectivity index is 1.22. The van der Waals surface area contributed by atoms with Crippen LogP contribution in [0, 0.1) is 5.82 Å². The fourth-order valence-corrected chi connectivity index (χ4v) is 4.28. The maximum absolute atomic E-state index is 13.0. The lowest BCUT2D eigenvalue weighted by Crippen LogP contribution is -2.51. The summed E-state index contributed by atoms with van der Waals surface area (Å²) < 4.78 is 13.0. The molecule has 7 heteroatoms. The molecule has 1 aromatic carbocycles. The lowest BCUT2D eigenvalue weighted by atomic mass is 10.0. The van der Waals surface area contributed by atoms with Crippen LogP contribution in [0.3, 0.4) is 0 Å². The van der Waals surface area contributed by atoms with E-state index in [1.807, 2.05) is 0 Å². The molecule has 6 nitrogen and oxygen atoms in total. The van der Waals surface area contributed by atoms with Gasteiger partial charge in [0, 0.05) is 43.6 Å². The van der Waals surface area contributed by atoms with Crippen LogP contribution in [-0.4, -0.2) is 71.8 Å². The van der Waals surface area contributed by atoms with Gasteiger partial charge in [-0.1, -0.05) is 6.08 Å². The van der Waals surface area contributed by atoms with Crippen LogP contribution < -0.4 is 5.32 Å². The van der Waals surface area contributed by atoms with Crippen molar-refractivity contribution in [3.8, 4) is 0 Å². The Morgan fingerprint density at radius 1 is 1.00 bits per heavy atom. The number of halogens is 1. The minimum absolute atomic E-state index is 0.102. The van der Waals surface area contributed by atoms with Crippen molar-refractivity contribution < 1.29 is 14.0 Å². The third kappa shape index (κ3) is 5.67. The summed E-state index contributed by atoms with van der Waals surface area (Å²) in [5.74, 6) is -0.192. The maximum Gasteiger partial charge on any atom is 0.241 e. The van der Waals surface area contributed by atoms with Gasteiger partial charge < -0.3 is 10.2 Å². The second kappa shape index (κ2) is 9.71. The van der Waals surface area contributed by atoms with E-state index in [-0.39, 0.29) is 17.6 Å². The fourth-order valence-electron chi connectivity index (χ4n) is 4.28. The predicted molar refractivity (Wildman–Crippen MR) is 114 cm³/mol. The number of benzene rings is 1. The lowest BCUT2D eigenvalue weighted by molar-refractivity contribution is -0.132. The molecule has 2 fully saturated rings. The van der Waals surface area contributed by atoms with Gasteiger partial charge in [-0.15, -0.1) is 0 Å². The number of nitrogens with one attached hydrogen (secondary N) is 1. The molecule has 0 radical (unpaired) electrons. The van der Waals surface area contributed by atoms with Gasteiger partial charge in [0.25, 0.3) is 0 Å². The van der Waals surface area contributed by atoms with Gasteiger partial charge in [0.05, 0.1) is 13.1 Å². The Morgan fingerprint density at radius 2 is 1.67 bits per heavy atom. The van der Waals surface area contributed by atoms with Gasteiger partial charge in [0.2, 0.25) is 11.8 Å². The molecule has 1 saturated heterocycles. The molecular weight excluding hydrogens is 383 g/mol. The molecule has 1 aliphatic heterocycles. The summed E-state index contributed by atoms with van der Waals surface area (Å²) in [6.07, 6.45) is 9.04. The molecule has 3 aliphatic rings. The molecule has 0 unspecified atom stereocenters. The van der Waals surface area contributed by atoms with E-state index in [2.05, 4.69) is 26.1 Å². The summed E-state index contributed by atoms with van der Waals surface area (Å²) in [6.45, 7) is 3.86. The van der Waals surface area contributed by atoms with Crippen LogP contribution >= 0.6 is 0 Å². The number of piperazine rings is 1. The van der Waals surface area contributed by atoms with E-state index in [1.54, 1.807) is 12.1 Å². The van der Waals surface area contributed by atoms with Crippen LogP contribution in [0.15, 0.2) is 36.0 Å². The lowest BCUT2D eigenvalue weighted by Gasteiger charge is -2.36. The summed E-state index contributed by atoms with van der Waals surface area (Å²) in [5, 5.41) is 2.80. The van der Waals surface area contributed by atoms with Crippen molar-refractivity contribution in [3.63, 3.8) is 0 Å². The van der Waals surface area contributed by atoms with Crippen LogP contribution in [0.2, 0.25) is 0 Å². The van der Waals surface area contributed by atoms with Gasteiger partial charge in [-0.25, -0.2) is 4.39 Å². The van der Waals surface area contributed by atoms with Crippen molar-refractivity contribution in [2.24, 2.45) is 0 Å². The van der Waals surface area contributed by atoms with Crippen molar-refractivity contribution in [2.45, 2.75) is 44.6 Å². The summed E-state index contributed by atoms with van der Waals surface area (Å²) in [6, 6.07) is 6.20. The highest BCUT2D eigenvalue weighted by Gasteiger charge is 2.35. The van der Waals surface area contributed by atoms with Crippen LogP contribution in [0.5, 0.6) is 0 Å². The second-order valence-corrected chi connectivity index (χ2v) is 8.54. The molecule has 0 spiro atoms. The first-order valence-electron chi connectivity index (χ1n) is 11.1. The molecule has 1 heterocycles. The predicted octanol–water partition coefficient (Wildman–Crippen LogP) is 2.83. The van der Waals surface area contributed by atoms with Gasteiger partial charge in [-0.2, -0.15) is 0 Å². The van der Waals surface area contributed by atoms with Crippen LogP contribution in [0.25, 0.3) is 0 Å². The van der Waals surface area contributed by atoms with E-state index < -0.39 is 0 Å². The van der Waals surface area contributed by atoms with E-state index in [0.29, 0.717) is 24.8 Å². The van der Waals surface area contributed by atoms with Crippen molar-refractivity contribution in [3.05, 3.63) is 41.9 Å². The van der Waals surface area contributed by atoms with Gasteiger partial charge in [-0.05, 0) is 62.8 Å². The van der Waals surface area contributed by atoms with Crippen molar-refractivity contribution >= 4 is 17.5 Å². The minimum atomic E-state index is -0.321. The Kier molecular flexibility index (Phi) is 6.79. The number of amides is 2. The Hall–Kier alpha value is -2.25. The zero-order chi connectivity index (χ0) is 20.9. The smallest absolute Gasteiger partial charge is 0.241 e. The highest BCUT2D eigenvalue weighted by Crippen LogP contribution is 2.33. The number of nitrogens with zero attached hydrogens (tertiary/aromatic N) is 3. The van der Waals surface area contributed by atoms with Gasteiger partial charge in [0.1, 0.15) is 5.82 Å². The number of carbonyl (C=O) groups excluding carboxylic acids is 2. The molecule has 1 saturated carbocycles. The van der Waals surface area contributed by atoms with Gasteiger partial charge in [0.15, 0.2) is 0 Å². The van der Waals surface area contributed by atoms with Crippen LogP contribution in [0.4, 0.5) is 10.1 Å². The van der Waals surface area contributed by atoms with E-state index >= 15 is 0 Å². The Bertz CT molecular complexity index is 783.